The summed E-state index contributed by atoms with van der Waals surface area (Å²) in [5, 5.41) is 11.0. The molecule has 1 heterocycles. The Bertz CT molecular complexity index is 621. The van der Waals surface area contributed by atoms with Crippen molar-refractivity contribution in [1.82, 2.24) is 10.2 Å². The number of benzene rings is 1. The number of aromatic nitrogens is 2. The molecular formula is C18H23N3OS. The first-order chi connectivity index (χ1) is 10.9. The van der Waals surface area contributed by atoms with Crippen molar-refractivity contribution in [2.75, 3.05) is 11.1 Å². The number of anilines is 1. The third-order valence-electron chi connectivity index (χ3n) is 3.26. The summed E-state index contributed by atoms with van der Waals surface area (Å²) < 4.78 is 0. The zero-order chi connectivity index (χ0) is 16.7. The van der Waals surface area contributed by atoms with Gasteiger partial charge in [-0.15, -0.1) is 16.9 Å². The normalized spacial score (nSPS) is 11.3. The molecule has 0 unspecified atom stereocenters. The molecule has 0 bridgehead atoms. The van der Waals surface area contributed by atoms with Crippen molar-refractivity contribution in [2.24, 2.45) is 0 Å². The van der Waals surface area contributed by atoms with E-state index in [1.165, 1.54) is 4.90 Å². The molecule has 0 atom stereocenters. The zero-order valence-corrected chi connectivity index (χ0v) is 14.7. The van der Waals surface area contributed by atoms with E-state index in [1.807, 2.05) is 30.3 Å². The van der Waals surface area contributed by atoms with Crippen LogP contribution in [0.3, 0.4) is 0 Å². The van der Waals surface area contributed by atoms with Gasteiger partial charge < -0.3 is 5.32 Å². The van der Waals surface area contributed by atoms with Crippen LogP contribution in [0, 0.1) is 0 Å². The second kappa shape index (κ2) is 8.11. The Morgan fingerprint density at radius 3 is 2.43 bits per heavy atom. The molecule has 122 valence electrons. The molecule has 0 radical (unpaired) electrons. The molecule has 1 aromatic carbocycles. The first-order valence-corrected chi connectivity index (χ1v) is 8.75. The molecule has 0 aliphatic carbocycles. The molecule has 5 heteroatoms. The van der Waals surface area contributed by atoms with Crippen LogP contribution in [0.1, 0.15) is 39.3 Å². The molecule has 2 aromatic rings. The van der Waals surface area contributed by atoms with Crippen LogP contribution in [0.25, 0.3) is 0 Å². The lowest BCUT2D eigenvalue weighted by atomic mass is 9.92. The lowest BCUT2D eigenvalue weighted by molar-refractivity contribution is -0.116. The van der Waals surface area contributed by atoms with Gasteiger partial charge in [0.2, 0.25) is 5.91 Å². The average Bonchev–Trinajstić information content (AvgIpc) is 2.52. The van der Waals surface area contributed by atoms with Crippen molar-refractivity contribution in [3.8, 4) is 0 Å². The predicted octanol–water partition coefficient (Wildman–Crippen LogP) is 4.29. The molecular weight excluding hydrogens is 306 g/mol. The summed E-state index contributed by atoms with van der Waals surface area (Å²) in [6.07, 6.45) is 1.32. The molecule has 23 heavy (non-hydrogen) atoms. The Morgan fingerprint density at radius 2 is 1.83 bits per heavy atom. The van der Waals surface area contributed by atoms with Crippen LogP contribution < -0.4 is 5.32 Å². The fraction of sp³-hybridized carbons (Fsp3) is 0.389. The highest BCUT2D eigenvalue weighted by molar-refractivity contribution is 7.99. The van der Waals surface area contributed by atoms with E-state index in [9.17, 15) is 4.79 Å². The average molecular weight is 329 g/mol. The highest BCUT2D eigenvalue weighted by Gasteiger charge is 2.15. The monoisotopic (exact) mass is 329 g/mol. The number of carbonyl (C=O) groups is 1. The summed E-state index contributed by atoms with van der Waals surface area (Å²) in [5.74, 6) is 1.42. The van der Waals surface area contributed by atoms with Crippen LogP contribution in [0.2, 0.25) is 0 Å². The molecule has 1 N–H and O–H groups in total. The Morgan fingerprint density at radius 1 is 1.09 bits per heavy atom. The van der Waals surface area contributed by atoms with E-state index in [-0.39, 0.29) is 11.3 Å². The summed E-state index contributed by atoms with van der Waals surface area (Å²) in [6.45, 7) is 6.25. The molecule has 0 saturated carbocycles. The van der Waals surface area contributed by atoms with Crippen molar-refractivity contribution in [3.05, 3.63) is 48.2 Å². The van der Waals surface area contributed by atoms with Crippen molar-refractivity contribution >= 4 is 23.5 Å². The second-order valence-corrected chi connectivity index (χ2v) is 7.54. The maximum atomic E-state index is 11.9. The lowest BCUT2D eigenvalue weighted by Crippen LogP contribution is -2.17. The number of rotatable bonds is 6. The predicted molar refractivity (Wildman–Crippen MR) is 95.8 cm³/mol. The highest BCUT2D eigenvalue weighted by Crippen LogP contribution is 2.20. The van der Waals surface area contributed by atoms with Gasteiger partial charge in [0.05, 0.1) is 5.69 Å². The van der Waals surface area contributed by atoms with Gasteiger partial charge in [-0.3, -0.25) is 4.79 Å². The first-order valence-electron chi connectivity index (χ1n) is 7.77. The molecule has 0 aliphatic heterocycles. The number of hydrogen-bond acceptors (Lipinski definition) is 4. The maximum Gasteiger partial charge on any atom is 0.225 e. The van der Waals surface area contributed by atoms with E-state index in [4.69, 9.17) is 0 Å². The number of hydrogen-bond donors (Lipinski definition) is 1. The second-order valence-electron chi connectivity index (χ2n) is 6.37. The number of nitrogens with zero attached hydrogens (tertiary/aromatic N) is 2. The summed E-state index contributed by atoms with van der Waals surface area (Å²) in [6, 6.07) is 13.9. The zero-order valence-electron chi connectivity index (χ0n) is 13.9. The van der Waals surface area contributed by atoms with E-state index in [0.29, 0.717) is 12.2 Å². The SMILES string of the molecule is CC(C)(C)c1ccc(NC(=O)CCCSc2ccccc2)nn1. The van der Waals surface area contributed by atoms with Crippen molar-refractivity contribution < 1.29 is 4.79 Å². The van der Waals surface area contributed by atoms with E-state index in [1.54, 1.807) is 11.8 Å². The summed E-state index contributed by atoms with van der Waals surface area (Å²) >= 11 is 1.77. The largest absolute Gasteiger partial charge is 0.309 e. The Kier molecular flexibility index (Phi) is 6.16. The fourth-order valence-corrected chi connectivity index (χ4v) is 2.82. The van der Waals surface area contributed by atoms with E-state index >= 15 is 0 Å². The molecule has 1 aromatic heterocycles. The van der Waals surface area contributed by atoms with Gasteiger partial charge in [-0.25, -0.2) is 0 Å². The smallest absolute Gasteiger partial charge is 0.225 e. The highest BCUT2D eigenvalue weighted by atomic mass is 32.2. The van der Waals surface area contributed by atoms with Gasteiger partial charge in [-0.1, -0.05) is 39.0 Å². The van der Waals surface area contributed by atoms with Crippen molar-refractivity contribution in [2.45, 2.75) is 43.9 Å². The van der Waals surface area contributed by atoms with Gasteiger partial charge in [-0.2, -0.15) is 5.10 Å². The van der Waals surface area contributed by atoms with Crippen LogP contribution in [0.4, 0.5) is 5.82 Å². The minimum Gasteiger partial charge on any atom is -0.309 e. The standard InChI is InChI=1S/C18H23N3OS/c1-18(2,3)15-11-12-16(21-20-15)19-17(22)10-7-13-23-14-8-5-4-6-9-14/h4-6,8-9,11-12H,7,10,13H2,1-3H3,(H,19,21,22). The van der Waals surface area contributed by atoms with Crippen LogP contribution in [-0.2, 0) is 10.2 Å². The molecule has 1 amide bonds. The van der Waals surface area contributed by atoms with Gasteiger partial charge in [0, 0.05) is 16.7 Å². The molecule has 0 aliphatic rings. The molecule has 4 nitrogen and oxygen atoms in total. The van der Waals surface area contributed by atoms with E-state index in [2.05, 4.69) is 48.4 Å². The summed E-state index contributed by atoms with van der Waals surface area (Å²) in [7, 11) is 0. The first kappa shape index (κ1) is 17.5. The van der Waals surface area contributed by atoms with Crippen LogP contribution in [0.5, 0.6) is 0 Å². The summed E-state index contributed by atoms with van der Waals surface area (Å²) in [5.41, 5.74) is 0.874. The van der Waals surface area contributed by atoms with Crippen LogP contribution in [0.15, 0.2) is 47.4 Å². The molecule has 0 saturated heterocycles. The quantitative estimate of drug-likeness (QED) is 0.634. The Labute approximate surface area is 142 Å². The topological polar surface area (TPSA) is 54.9 Å². The van der Waals surface area contributed by atoms with Gasteiger partial charge in [0.25, 0.3) is 0 Å². The number of thioether (sulfide) groups is 1. The van der Waals surface area contributed by atoms with E-state index in [0.717, 1.165) is 17.9 Å². The van der Waals surface area contributed by atoms with Gasteiger partial charge in [0.15, 0.2) is 5.82 Å². The minimum atomic E-state index is -0.0375. The third kappa shape index (κ3) is 6.02. The number of amides is 1. The van der Waals surface area contributed by atoms with Gasteiger partial charge in [0.1, 0.15) is 0 Å². The molecule has 0 spiro atoms. The number of nitrogens with one attached hydrogen (secondary N) is 1. The Hall–Kier alpha value is -1.88. The fourth-order valence-electron chi connectivity index (χ4n) is 1.94. The molecule has 2 rings (SSSR count). The number of carbonyl (C=O) groups excluding carboxylic acids is 1. The summed E-state index contributed by atoms with van der Waals surface area (Å²) in [4.78, 5) is 13.2. The van der Waals surface area contributed by atoms with Crippen molar-refractivity contribution in [1.29, 1.82) is 0 Å². The van der Waals surface area contributed by atoms with Crippen molar-refractivity contribution in [3.63, 3.8) is 0 Å². The van der Waals surface area contributed by atoms with Gasteiger partial charge in [-0.05, 0) is 36.4 Å². The van der Waals surface area contributed by atoms with E-state index < -0.39 is 0 Å². The van der Waals surface area contributed by atoms with Gasteiger partial charge >= 0.3 is 0 Å². The third-order valence-corrected chi connectivity index (χ3v) is 4.36. The maximum absolute atomic E-state index is 11.9. The lowest BCUT2D eigenvalue weighted by Gasteiger charge is -2.16. The Balaban J connectivity index is 1.72. The minimum absolute atomic E-state index is 0.0172. The molecule has 0 fully saturated rings. The van der Waals surface area contributed by atoms with Crippen LogP contribution in [-0.4, -0.2) is 21.9 Å². The van der Waals surface area contributed by atoms with Crippen LogP contribution >= 0.6 is 11.8 Å².